The Morgan fingerprint density at radius 2 is 1.75 bits per heavy atom. The molecule has 1 aromatic rings. The van der Waals surface area contributed by atoms with Gasteiger partial charge in [0.1, 0.15) is 5.82 Å². The summed E-state index contributed by atoms with van der Waals surface area (Å²) in [5, 5.41) is 0. The second-order valence-electron chi connectivity index (χ2n) is 5.41. The number of halogens is 1. The number of nitrogens with zero attached hydrogens (tertiary/aromatic N) is 2. The van der Waals surface area contributed by atoms with Crippen molar-refractivity contribution >= 4 is 15.7 Å². The van der Waals surface area contributed by atoms with Crippen LogP contribution in [0.15, 0.2) is 23.1 Å². The summed E-state index contributed by atoms with van der Waals surface area (Å²) in [4.78, 5) is 2.05. The Kier molecular flexibility index (Phi) is 4.04. The van der Waals surface area contributed by atoms with E-state index in [4.69, 9.17) is 5.73 Å². The van der Waals surface area contributed by atoms with Crippen molar-refractivity contribution in [2.24, 2.45) is 0 Å². The Balaban J connectivity index is 2.35. The first-order chi connectivity index (χ1) is 9.21. The Bertz CT molecular complexity index is 573. The lowest BCUT2D eigenvalue weighted by Crippen LogP contribution is -2.56. The van der Waals surface area contributed by atoms with Gasteiger partial charge < -0.3 is 5.73 Å². The molecule has 0 aromatic heterocycles. The van der Waals surface area contributed by atoms with Gasteiger partial charge in [-0.05, 0) is 39.1 Å². The maximum Gasteiger partial charge on any atom is 0.243 e. The van der Waals surface area contributed by atoms with Crippen molar-refractivity contribution < 1.29 is 12.8 Å². The number of rotatable bonds is 2. The van der Waals surface area contributed by atoms with Gasteiger partial charge in [0.2, 0.25) is 10.0 Å². The van der Waals surface area contributed by atoms with E-state index in [0.717, 1.165) is 12.1 Å². The Labute approximate surface area is 119 Å². The molecule has 2 rings (SSSR count). The molecule has 20 heavy (non-hydrogen) atoms. The van der Waals surface area contributed by atoms with Crippen molar-refractivity contribution in [2.75, 3.05) is 25.9 Å². The summed E-state index contributed by atoms with van der Waals surface area (Å²) in [7, 11) is -1.74. The molecule has 7 heteroatoms. The van der Waals surface area contributed by atoms with Gasteiger partial charge in [-0.1, -0.05) is 0 Å². The van der Waals surface area contributed by atoms with Crippen LogP contribution in [0.1, 0.15) is 13.8 Å². The highest BCUT2D eigenvalue weighted by Crippen LogP contribution is 2.24. The average molecular weight is 301 g/mol. The number of benzene rings is 1. The van der Waals surface area contributed by atoms with E-state index in [-0.39, 0.29) is 22.7 Å². The average Bonchev–Trinajstić information content (AvgIpc) is 2.34. The molecule has 0 saturated carbocycles. The maximum atomic E-state index is 13.4. The van der Waals surface area contributed by atoms with Crippen LogP contribution in [0.4, 0.5) is 10.1 Å². The number of anilines is 1. The molecular formula is C13H20FN3O2S. The molecule has 1 aliphatic heterocycles. The molecule has 0 radical (unpaired) electrons. The summed E-state index contributed by atoms with van der Waals surface area (Å²) < 4.78 is 39.9. The van der Waals surface area contributed by atoms with Crippen molar-refractivity contribution in [3.63, 3.8) is 0 Å². The highest BCUT2D eigenvalue weighted by atomic mass is 32.2. The summed E-state index contributed by atoms with van der Waals surface area (Å²) in [6.45, 7) is 4.72. The number of nitrogens with two attached hydrogens (primary N) is 1. The lowest BCUT2D eigenvalue weighted by molar-refractivity contribution is 0.105. The van der Waals surface area contributed by atoms with E-state index in [1.165, 1.54) is 10.4 Å². The number of hydrogen-bond donors (Lipinski definition) is 1. The fourth-order valence-corrected chi connectivity index (χ4v) is 4.10. The summed E-state index contributed by atoms with van der Waals surface area (Å²) in [6.07, 6.45) is 0. The molecule has 112 valence electrons. The highest BCUT2D eigenvalue weighted by molar-refractivity contribution is 7.89. The standard InChI is InChI=1S/C13H20FN3O2S/c1-9-7-17(8-10(2)16(9)3)20(18,19)13-5-11(14)4-12(15)6-13/h4-6,9-10H,7-8,15H2,1-3H3. The fourth-order valence-electron chi connectivity index (χ4n) is 2.43. The van der Waals surface area contributed by atoms with Crippen LogP contribution >= 0.6 is 0 Å². The monoisotopic (exact) mass is 301 g/mol. The lowest BCUT2D eigenvalue weighted by Gasteiger charge is -2.41. The first-order valence-corrected chi connectivity index (χ1v) is 7.94. The number of likely N-dealkylation sites (N-methyl/N-ethyl adjacent to an activating group) is 1. The molecule has 2 N–H and O–H groups in total. The largest absolute Gasteiger partial charge is 0.399 e. The molecule has 1 fully saturated rings. The van der Waals surface area contributed by atoms with Crippen molar-refractivity contribution in [3.05, 3.63) is 24.0 Å². The van der Waals surface area contributed by atoms with Gasteiger partial charge in [0, 0.05) is 30.9 Å². The van der Waals surface area contributed by atoms with Crippen molar-refractivity contribution in [2.45, 2.75) is 30.8 Å². The molecule has 0 bridgehead atoms. The van der Waals surface area contributed by atoms with Gasteiger partial charge in [-0.15, -0.1) is 0 Å². The summed E-state index contributed by atoms with van der Waals surface area (Å²) in [6, 6.07) is 3.64. The van der Waals surface area contributed by atoms with E-state index >= 15 is 0 Å². The SMILES string of the molecule is CC1CN(S(=O)(=O)c2cc(N)cc(F)c2)CC(C)N1C. The second kappa shape index (κ2) is 5.31. The van der Waals surface area contributed by atoms with E-state index in [1.807, 2.05) is 20.9 Å². The van der Waals surface area contributed by atoms with Crippen molar-refractivity contribution in [1.29, 1.82) is 0 Å². The minimum absolute atomic E-state index is 0.0843. The van der Waals surface area contributed by atoms with Gasteiger partial charge in [0.25, 0.3) is 0 Å². The Morgan fingerprint density at radius 3 is 2.25 bits per heavy atom. The van der Waals surface area contributed by atoms with E-state index in [1.54, 1.807) is 0 Å². The zero-order chi connectivity index (χ0) is 15.1. The number of hydrogen-bond acceptors (Lipinski definition) is 4. The van der Waals surface area contributed by atoms with Gasteiger partial charge >= 0.3 is 0 Å². The molecule has 2 unspecified atom stereocenters. The zero-order valence-electron chi connectivity index (χ0n) is 11.9. The molecule has 5 nitrogen and oxygen atoms in total. The quantitative estimate of drug-likeness (QED) is 0.831. The predicted octanol–water partition coefficient (Wildman–Crippen LogP) is 1.12. The third-order valence-electron chi connectivity index (χ3n) is 3.86. The molecule has 1 heterocycles. The van der Waals surface area contributed by atoms with E-state index in [0.29, 0.717) is 13.1 Å². The topological polar surface area (TPSA) is 66.6 Å². The first-order valence-electron chi connectivity index (χ1n) is 6.50. The normalized spacial score (nSPS) is 25.8. The minimum atomic E-state index is -3.71. The Hall–Kier alpha value is -1.18. The highest BCUT2D eigenvalue weighted by Gasteiger charge is 2.34. The molecule has 1 aliphatic rings. The summed E-state index contributed by atoms with van der Waals surface area (Å²) >= 11 is 0. The van der Waals surface area contributed by atoms with Crippen LogP contribution in [0.5, 0.6) is 0 Å². The van der Waals surface area contributed by atoms with Gasteiger partial charge in [-0.3, -0.25) is 4.90 Å². The van der Waals surface area contributed by atoms with Crippen molar-refractivity contribution in [1.82, 2.24) is 9.21 Å². The molecule has 0 aliphatic carbocycles. The van der Waals surface area contributed by atoms with Crippen molar-refractivity contribution in [3.8, 4) is 0 Å². The number of nitrogen functional groups attached to an aromatic ring is 1. The van der Waals surface area contributed by atoms with Crippen LogP contribution in [-0.4, -0.2) is 49.8 Å². The van der Waals surface area contributed by atoms with Gasteiger partial charge in [0.15, 0.2) is 0 Å². The second-order valence-corrected chi connectivity index (χ2v) is 7.34. The smallest absolute Gasteiger partial charge is 0.243 e. The van der Waals surface area contributed by atoms with E-state index < -0.39 is 15.8 Å². The molecule has 0 spiro atoms. The third kappa shape index (κ3) is 2.79. The molecule has 1 saturated heterocycles. The van der Waals surface area contributed by atoms with Crippen LogP contribution in [0.2, 0.25) is 0 Å². The number of sulfonamides is 1. The Morgan fingerprint density at radius 1 is 1.20 bits per heavy atom. The lowest BCUT2D eigenvalue weighted by atomic mass is 10.1. The van der Waals surface area contributed by atoms with Gasteiger partial charge in [-0.25, -0.2) is 12.8 Å². The molecule has 1 aromatic carbocycles. The van der Waals surface area contributed by atoms with Crippen LogP contribution in [-0.2, 0) is 10.0 Å². The van der Waals surface area contributed by atoms with Gasteiger partial charge in [-0.2, -0.15) is 4.31 Å². The van der Waals surface area contributed by atoms with Crippen LogP contribution in [0, 0.1) is 5.82 Å². The van der Waals surface area contributed by atoms with E-state index in [2.05, 4.69) is 4.90 Å². The minimum Gasteiger partial charge on any atom is -0.399 e. The summed E-state index contributed by atoms with van der Waals surface area (Å²) in [5.41, 5.74) is 5.64. The molecule has 2 atom stereocenters. The maximum absolute atomic E-state index is 13.4. The van der Waals surface area contributed by atoms with Crippen LogP contribution in [0.25, 0.3) is 0 Å². The zero-order valence-corrected chi connectivity index (χ0v) is 12.7. The first kappa shape index (κ1) is 15.2. The van der Waals surface area contributed by atoms with Crippen LogP contribution < -0.4 is 5.73 Å². The van der Waals surface area contributed by atoms with Gasteiger partial charge in [0.05, 0.1) is 4.90 Å². The summed E-state index contributed by atoms with van der Waals surface area (Å²) in [5.74, 6) is -0.640. The van der Waals surface area contributed by atoms with E-state index in [9.17, 15) is 12.8 Å². The van der Waals surface area contributed by atoms with Crippen LogP contribution in [0.3, 0.4) is 0 Å². The predicted molar refractivity (Wildman–Crippen MR) is 76.3 cm³/mol. The fraction of sp³-hybridized carbons (Fsp3) is 0.538. The molecule has 0 amide bonds. The third-order valence-corrected chi connectivity index (χ3v) is 5.67. The number of piperazine rings is 1. The molecular weight excluding hydrogens is 281 g/mol.